The highest BCUT2D eigenvalue weighted by Crippen LogP contribution is 2.18. The van der Waals surface area contributed by atoms with Crippen molar-refractivity contribution in [3.05, 3.63) is 47.7 Å². The molecule has 0 aliphatic rings. The topological polar surface area (TPSA) is 66.0 Å². The lowest BCUT2D eigenvalue weighted by molar-refractivity contribution is -0.131. The SMILES string of the molecule is C/C(=C/C(=O)O)Cn1ccc2ccc(C#N)cc21. The van der Waals surface area contributed by atoms with Crippen molar-refractivity contribution in [1.82, 2.24) is 4.57 Å². The molecule has 4 heteroatoms. The Balaban J connectivity index is 2.40. The van der Waals surface area contributed by atoms with Crippen molar-refractivity contribution in [2.45, 2.75) is 13.5 Å². The lowest BCUT2D eigenvalue weighted by atomic mass is 10.2. The predicted octanol–water partition coefficient (Wildman–Crippen LogP) is 2.54. The molecule has 0 amide bonds. The zero-order valence-corrected chi connectivity index (χ0v) is 9.92. The van der Waals surface area contributed by atoms with Crippen LogP contribution in [0.3, 0.4) is 0 Å². The third-order valence-electron chi connectivity index (χ3n) is 2.69. The Bertz CT molecular complexity index is 675. The molecule has 2 rings (SSSR count). The summed E-state index contributed by atoms with van der Waals surface area (Å²) in [5.74, 6) is -0.943. The number of carboxylic acid groups (broad SMARTS) is 1. The molecule has 1 aromatic carbocycles. The second-order valence-electron chi connectivity index (χ2n) is 4.16. The molecule has 0 saturated heterocycles. The van der Waals surface area contributed by atoms with Crippen LogP contribution in [0.25, 0.3) is 10.9 Å². The number of carboxylic acids is 1. The van der Waals surface area contributed by atoms with Gasteiger partial charge in [-0.25, -0.2) is 4.79 Å². The summed E-state index contributed by atoms with van der Waals surface area (Å²) in [6.07, 6.45) is 3.09. The molecule has 0 unspecified atom stereocenters. The number of carbonyl (C=O) groups is 1. The van der Waals surface area contributed by atoms with Crippen LogP contribution in [0.5, 0.6) is 0 Å². The Morgan fingerprint density at radius 3 is 2.94 bits per heavy atom. The number of rotatable bonds is 3. The van der Waals surface area contributed by atoms with Crippen molar-refractivity contribution < 1.29 is 9.90 Å². The Morgan fingerprint density at radius 1 is 1.50 bits per heavy atom. The van der Waals surface area contributed by atoms with E-state index >= 15 is 0 Å². The number of aliphatic carboxylic acids is 1. The van der Waals surface area contributed by atoms with E-state index in [1.165, 1.54) is 6.08 Å². The minimum Gasteiger partial charge on any atom is -0.478 e. The van der Waals surface area contributed by atoms with Gasteiger partial charge in [0.2, 0.25) is 0 Å². The third kappa shape index (κ3) is 2.41. The average Bonchev–Trinajstić information content (AvgIpc) is 2.70. The highest BCUT2D eigenvalue weighted by Gasteiger charge is 2.03. The monoisotopic (exact) mass is 240 g/mol. The number of nitriles is 1. The maximum absolute atomic E-state index is 10.6. The van der Waals surface area contributed by atoms with Crippen molar-refractivity contribution in [3.63, 3.8) is 0 Å². The molecule has 0 aliphatic carbocycles. The van der Waals surface area contributed by atoms with Gasteiger partial charge in [-0.2, -0.15) is 5.26 Å². The fourth-order valence-corrected chi connectivity index (χ4v) is 1.92. The molecule has 4 nitrogen and oxygen atoms in total. The number of hydrogen-bond acceptors (Lipinski definition) is 2. The fourth-order valence-electron chi connectivity index (χ4n) is 1.92. The second-order valence-corrected chi connectivity index (χ2v) is 4.16. The van der Waals surface area contributed by atoms with Crippen LogP contribution >= 0.6 is 0 Å². The van der Waals surface area contributed by atoms with E-state index in [2.05, 4.69) is 6.07 Å². The summed E-state index contributed by atoms with van der Waals surface area (Å²) in [6, 6.07) is 9.52. The predicted molar refractivity (Wildman–Crippen MR) is 68.0 cm³/mol. The second kappa shape index (κ2) is 4.76. The van der Waals surface area contributed by atoms with Crippen molar-refractivity contribution in [1.29, 1.82) is 5.26 Å². The van der Waals surface area contributed by atoms with Crippen molar-refractivity contribution in [2.24, 2.45) is 0 Å². The van der Waals surface area contributed by atoms with Crippen LogP contribution < -0.4 is 0 Å². The van der Waals surface area contributed by atoms with E-state index in [1.54, 1.807) is 13.0 Å². The smallest absolute Gasteiger partial charge is 0.328 e. The third-order valence-corrected chi connectivity index (χ3v) is 2.69. The van der Waals surface area contributed by atoms with Gasteiger partial charge in [0.05, 0.1) is 11.6 Å². The summed E-state index contributed by atoms with van der Waals surface area (Å²) < 4.78 is 1.94. The quantitative estimate of drug-likeness (QED) is 0.838. The molecule has 90 valence electrons. The van der Waals surface area contributed by atoms with Gasteiger partial charge >= 0.3 is 5.97 Å². The number of allylic oxidation sites excluding steroid dienone is 1. The first-order valence-electron chi connectivity index (χ1n) is 5.49. The van der Waals surface area contributed by atoms with Crippen LogP contribution in [0, 0.1) is 11.3 Å². The fraction of sp³-hybridized carbons (Fsp3) is 0.143. The normalized spacial score (nSPS) is 11.4. The van der Waals surface area contributed by atoms with Crippen LogP contribution in [0.2, 0.25) is 0 Å². The number of fused-ring (bicyclic) bond motifs is 1. The standard InChI is InChI=1S/C14H12N2O2/c1-10(6-14(17)18)9-16-5-4-12-3-2-11(8-15)7-13(12)16/h2-7H,9H2,1H3,(H,17,18)/b10-6-. The molecule has 0 spiro atoms. The van der Waals surface area contributed by atoms with Crippen LogP contribution in [-0.4, -0.2) is 15.6 Å². The molecule has 0 aliphatic heterocycles. The van der Waals surface area contributed by atoms with Crippen molar-refractivity contribution in [3.8, 4) is 6.07 Å². The Labute approximate surface area is 104 Å². The Kier molecular flexibility index (Phi) is 3.16. The summed E-state index contributed by atoms with van der Waals surface area (Å²) in [5.41, 5.74) is 2.29. The molecule has 1 heterocycles. The van der Waals surface area contributed by atoms with Gasteiger partial charge in [-0.1, -0.05) is 6.07 Å². The highest BCUT2D eigenvalue weighted by molar-refractivity contribution is 5.82. The zero-order valence-electron chi connectivity index (χ0n) is 9.92. The van der Waals surface area contributed by atoms with Gasteiger partial charge in [0.25, 0.3) is 0 Å². The van der Waals surface area contributed by atoms with Gasteiger partial charge in [-0.15, -0.1) is 0 Å². The van der Waals surface area contributed by atoms with Gasteiger partial charge in [0.1, 0.15) is 0 Å². The van der Waals surface area contributed by atoms with Gasteiger partial charge < -0.3 is 9.67 Å². The Hall–Kier alpha value is -2.54. The highest BCUT2D eigenvalue weighted by atomic mass is 16.4. The number of hydrogen-bond donors (Lipinski definition) is 1. The van der Waals surface area contributed by atoms with E-state index in [1.807, 2.05) is 29.0 Å². The maximum atomic E-state index is 10.6. The first kappa shape index (κ1) is 11.9. The number of nitrogens with zero attached hydrogens (tertiary/aromatic N) is 2. The van der Waals surface area contributed by atoms with Crippen molar-refractivity contribution in [2.75, 3.05) is 0 Å². The largest absolute Gasteiger partial charge is 0.478 e. The van der Waals surface area contributed by atoms with Gasteiger partial charge in [0, 0.05) is 24.3 Å². The lowest BCUT2D eigenvalue weighted by Crippen LogP contribution is -2.00. The summed E-state index contributed by atoms with van der Waals surface area (Å²) >= 11 is 0. The number of benzene rings is 1. The van der Waals surface area contributed by atoms with E-state index in [4.69, 9.17) is 10.4 Å². The molecule has 0 atom stereocenters. The molecule has 0 saturated carbocycles. The lowest BCUT2D eigenvalue weighted by Gasteiger charge is -2.05. The zero-order chi connectivity index (χ0) is 13.1. The van der Waals surface area contributed by atoms with Crippen molar-refractivity contribution >= 4 is 16.9 Å². The summed E-state index contributed by atoms with van der Waals surface area (Å²) in [6.45, 7) is 2.28. The molecule has 0 radical (unpaired) electrons. The average molecular weight is 240 g/mol. The van der Waals surface area contributed by atoms with Gasteiger partial charge in [-0.3, -0.25) is 0 Å². The first-order chi connectivity index (χ1) is 8.60. The van der Waals surface area contributed by atoms with E-state index in [0.717, 1.165) is 16.5 Å². The first-order valence-corrected chi connectivity index (χ1v) is 5.49. The minimum atomic E-state index is -0.943. The van der Waals surface area contributed by atoms with Crippen LogP contribution in [0.4, 0.5) is 0 Å². The molecule has 0 fully saturated rings. The molecule has 2 aromatic rings. The van der Waals surface area contributed by atoms with E-state index in [0.29, 0.717) is 12.1 Å². The van der Waals surface area contributed by atoms with Crippen LogP contribution in [0.15, 0.2) is 42.1 Å². The minimum absolute atomic E-state index is 0.505. The maximum Gasteiger partial charge on any atom is 0.328 e. The van der Waals surface area contributed by atoms with Crippen LogP contribution in [0.1, 0.15) is 12.5 Å². The van der Waals surface area contributed by atoms with Gasteiger partial charge in [0.15, 0.2) is 0 Å². The summed E-state index contributed by atoms with van der Waals surface area (Å²) in [5, 5.41) is 18.6. The number of aromatic nitrogens is 1. The summed E-state index contributed by atoms with van der Waals surface area (Å²) in [7, 11) is 0. The Morgan fingerprint density at radius 2 is 2.28 bits per heavy atom. The molecule has 18 heavy (non-hydrogen) atoms. The molecular formula is C14H12N2O2. The molecule has 0 bridgehead atoms. The van der Waals surface area contributed by atoms with Crippen LogP contribution in [-0.2, 0) is 11.3 Å². The molecule has 1 aromatic heterocycles. The molecular weight excluding hydrogens is 228 g/mol. The van der Waals surface area contributed by atoms with E-state index < -0.39 is 5.97 Å². The summed E-state index contributed by atoms with van der Waals surface area (Å²) in [4.78, 5) is 10.6. The van der Waals surface area contributed by atoms with E-state index in [-0.39, 0.29) is 0 Å². The molecule has 1 N–H and O–H groups in total. The van der Waals surface area contributed by atoms with E-state index in [9.17, 15) is 4.79 Å². The van der Waals surface area contributed by atoms with Gasteiger partial charge in [-0.05, 0) is 36.1 Å².